The van der Waals surface area contributed by atoms with Crippen molar-refractivity contribution in [3.8, 4) is 0 Å². The first kappa shape index (κ1) is 12.3. The monoisotopic (exact) mass is 246 g/mol. The van der Waals surface area contributed by atoms with E-state index in [1.807, 2.05) is 6.92 Å². The normalized spacial score (nSPS) is 12.3. The molecule has 1 unspecified atom stereocenters. The van der Waals surface area contributed by atoms with E-state index in [1.165, 1.54) is 6.07 Å². The third-order valence-corrected chi connectivity index (χ3v) is 2.56. The molecule has 0 saturated carbocycles. The molecule has 0 spiro atoms. The predicted molar refractivity (Wildman–Crippen MR) is 70.5 cm³/mol. The number of non-ortho nitro benzene ring substituents is 1. The molecule has 6 heteroatoms. The highest BCUT2D eigenvalue weighted by Gasteiger charge is 2.14. The van der Waals surface area contributed by atoms with Gasteiger partial charge in [-0.2, -0.15) is 0 Å². The number of nitrogens with one attached hydrogen (secondary N) is 1. The number of aromatic nitrogens is 1. The van der Waals surface area contributed by atoms with Crippen molar-refractivity contribution < 1.29 is 4.92 Å². The number of nitrogens with two attached hydrogens (primary N) is 1. The van der Waals surface area contributed by atoms with Crippen LogP contribution in [0.4, 0.5) is 11.4 Å². The molecule has 2 aromatic rings. The number of nitrogens with zero attached hydrogens (tertiary/aromatic N) is 2. The van der Waals surface area contributed by atoms with Crippen molar-refractivity contribution in [1.29, 1.82) is 0 Å². The molecule has 0 amide bonds. The minimum Gasteiger partial charge on any atom is -0.383 e. The third-order valence-electron chi connectivity index (χ3n) is 2.56. The Morgan fingerprint density at radius 1 is 1.50 bits per heavy atom. The maximum atomic E-state index is 10.9. The molecule has 1 atom stereocenters. The lowest BCUT2D eigenvalue weighted by molar-refractivity contribution is -0.383. The lowest BCUT2D eigenvalue weighted by Gasteiger charge is -2.11. The predicted octanol–water partition coefficient (Wildman–Crippen LogP) is 1.90. The standard InChI is InChI=1S/C12H14N4O2/c1-8(13)7-15-10-5-6-14-12-9(10)3-2-4-11(12)16(17)18/h2-6,8H,7,13H2,1H3,(H,14,15). The molecule has 3 N–H and O–H groups in total. The maximum absolute atomic E-state index is 10.9. The van der Waals surface area contributed by atoms with Crippen LogP contribution >= 0.6 is 0 Å². The van der Waals surface area contributed by atoms with Crippen molar-refractivity contribution in [2.75, 3.05) is 11.9 Å². The number of hydrogen-bond donors (Lipinski definition) is 2. The fourth-order valence-electron chi connectivity index (χ4n) is 1.73. The molecule has 0 bridgehead atoms. The Labute approximate surface area is 104 Å². The Kier molecular flexibility index (Phi) is 3.38. The Bertz CT molecular complexity index is 583. The van der Waals surface area contributed by atoms with E-state index < -0.39 is 4.92 Å². The lowest BCUT2D eigenvalue weighted by Crippen LogP contribution is -2.25. The zero-order valence-electron chi connectivity index (χ0n) is 9.96. The van der Waals surface area contributed by atoms with Crippen molar-refractivity contribution in [2.24, 2.45) is 5.73 Å². The van der Waals surface area contributed by atoms with E-state index in [2.05, 4.69) is 10.3 Å². The van der Waals surface area contributed by atoms with Crippen LogP contribution in [0.1, 0.15) is 6.92 Å². The van der Waals surface area contributed by atoms with Gasteiger partial charge in [-0.1, -0.05) is 12.1 Å². The van der Waals surface area contributed by atoms with Gasteiger partial charge in [0, 0.05) is 35.9 Å². The number of nitro groups is 1. The van der Waals surface area contributed by atoms with Gasteiger partial charge >= 0.3 is 0 Å². The molecular formula is C12H14N4O2. The van der Waals surface area contributed by atoms with Crippen LogP contribution in [0.5, 0.6) is 0 Å². The van der Waals surface area contributed by atoms with Gasteiger partial charge in [0.15, 0.2) is 0 Å². The Hall–Kier alpha value is -2.21. The van der Waals surface area contributed by atoms with Gasteiger partial charge in [-0.3, -0.25) is 10.1 Å². The quantitative estimate of drug-likeness (QED) is 0.634. The van der Waals surface area contributed by atoms with Gasteiger partial charge in [-0.15, -0.1) is 0 Å². The highest BCUT2D eigenvalue weighted by atomic mass is 16.6. The molecule has 0 aliphatic rings. The van der Waals surface area contributed by atoms with E-state index in [0.29, 0.717) is 12.1 Å². The molecule has 6 nitrogen and oxygen atoms in total. The molecule has 94 valence electrons. The first-order valence-corrected chi connectivity index (χ1v) is 5.61. The summed E-state index contributed by atoms with van der Waals surface area (Å²) in [6, 6.07) is 6.70. The Balaban J connectivity index is 2.50. The number of fused-ring (bicyclic) bond motifs is 1. The second-order valence-corrected chi connectivity index (χ2v) is 4.15. The summed E-state index contributed by atoms with van der Waals surface area (Å²) in [5, 5.41) is 14.8. The summed E-state index contributed by atoms with van der Waals surface area (Å²) >= 11 is 0. The summed E-state index contributed by atoms with van der Waals surface area (Å²) < 4.78 is 0. The molecule has 0 fully saturated rings. The molecule has 0 saturated heterocycles. The van der Waals surface area contributed by atoms with Gasteiger partial charge in [0.25, 0.3) is 5.69 Å². The molecule has 1 aromatic heterocycles. The van der Waals surface area contributed by atoms with Crippen LogP contribution in [0.2, 0.25) is 0 Å². The summed E-state index contributed by atoms with van der Waals surface area (Å²) in [4.78, 5) is 14.6. The SMILES string of the molecule is CC(N)CNc1ccnc2c([N+](=O)[O-])cccc12. The third kappa shape index (κ3) is 2.38. The number of rotatable bonds is 4. The number of hydrogen-bond acceptors (Lipinski definition) is 5. The first-order chi connectivity index (χ1) is 8.59. The Morgan fingerprint density at radius 3 is 2.94 bits per heavy atom. The average Bonchev–Trinajstić information content (AvgIpc) is 2.35. The number of nitro benzene ring substituents is 1. The van der Waals surface area contributed by atoms with Crippen LogP contribution in [-0.4, -0.2) is 22.5 Å². The van der Waals surface area contributed by atoms with Crippen LogP contribution in [0.25, 0.3) is 10.9 Å². The summed E-state index contributed by atoms with van der Waals surface area (Å²) in [6.07, 6.45) is 1.55. The van der Waals surface area contributed by atoms with Gasteiger partial charge < -0.3 is 11.1 Å². The van der Waals surface area contributed by atoms with Crippen molar-refractivity contribution in [3.63, 3.8) is 0 Å². The van der Waals surface area contributed by atoms with E-state index in [9.17, 15) is 10.1 Å². The molecule has 1 heterocycles. The number of benzene rings is 1. The zero-order valence-corrected chi connectivity index (χ0v) is 9.96. The lowest BCUT2D eigenvalue weighted by atomic mass is 10.1. The molecule has 0 aliphatic heterocycles. The highest BCUT2D eigenvalue weighted by Crippen LogP contribution is 2.28. The zero-order chi connectivity index (χ0) is 13.1. The fraction of sp³-hybridized carbons (Fsp3) is 0.250. The van der Waals surface area contributed by atoms with E-state index in [0.717, 1.165) is 11.1 Å². The van der Waals surface area contributed by atoms with Crippen molar-refractivity contribution in [3.05, 3.63) is 40.6 Å². The van der Waals surface area contributed by atoms with Crippen LogP contribution in [0.15, 0.2) is 30.5 Å². The summed E-state index contributed by atoms with van der Waals surface area (Å²) in [5.41, 5.74) is 6.88. The van der Waals surface area contributed by atoms with Crippen LogP contribution in [0.3, 0.4) is 0 Å². The summed E-state index contributed by atoms with van der Waals surface area (Å²) in [6.45, 7) is 2.49. The van der Waals surface area contributed by atoms with Crippen molar-refractivity contribution >= 4 is 22.3 Å². The van der Waals surface area contributed by atoms with Crippen LogP contribution in [-0.2, 0) is 0 Å². The molecule has 1 aromatic carbocycles. The minimum absolute atomic E-state index is 0.00640. The first-order valence-electron chi connectivity index (χ1n) is 5.61. The number of pyridine rings is 1. The topological polar surface area (TPSA) is 94.1 Å². The molecule has 2 rings (SSSR count). The van der Waals surface area contributed by atoms with Gasteiger partial charge in [-0.05, 0) is 13.0 Å². The second kappa shape index (κ2) is 4.97. The highest BCUT2D eigenvalue weighted by molar-refractivity contribution is 5.96. The second-order valence-electron chi connectivity index (χ2n) is 4.15. The van der Waals surface area contributed by atoms with Gasteiger partial charge in [0.2, 0.25) is 0 Å². The average molecular weight is 246 g/mol. The molecule has 0 radical (unpaired) electrons. The molecular weight excluding hydrogens is 232 g/mol. The van der Waals surface area contributed by atoms with Crippen LogP contribution < -0.4 is 11.1 Å². The smallest absolute Gasteiger partial charge is 0.295 e. The fourth-order valence-corrected chi connectivity index (χ4v) is 1.73. The summed E-state index contributed by atoms with van der Waals surface area (Å²) in [7, 11) is 0. The van der Waals surface area contributed by atoms with E-state index in [4.69, 9.17) is 5.73 Å². The maximum Gasteiger partial charge on any atom is 0.295 e. The molecule has 0 aliphatic carbocycles. The Morgan fingerprint density at radius 2 is 2.28 bits per heavy atom. The number of para-hydroxylation sites is 1. The van der Waals surface area contributed by atoms with Crippen molar-refractivity contribution in [1.82, 2.24) is 4.98 Å². The molecule has 18 heavy (non-hydrogen) atoms. The number of anilines is 1. The van der Waals surface area contributed by atoms with Gasteiger partial charge in [0.1, 0.15) is 5.52 Å². The van der Waals surface area contributed by atoms with Gasteiger partial charge in [0.05, 0.1) is 4.92 Å². The largest absolute Gasteiger partial charge is 0.383 e. The van der Waals surface area contributed by atoms with Gasteiger partial charge in [-0.25, -0.2) is 4.98 Å². The van der Waals surface area contributed by atoms with E-state index >= 15 is 0 Å². The van der Waals surface area contributed by atoms with Crippen LogP contribution in [0, 0.1) is 10.1 Å². The van der Waals surface area contributed by atoms with Crippen molar-refractivity contribution in [2.45, 2.75) is 13.0 Å². The van der Waals surface area contributed by atoms with E-state index in [-0.39, 0.29) is 11.7 Å². The summed E-state index contributed by atoms with van der Waals surface area (Å²) in [5.74, 6) is 0. The minimum atomic E-state index is -0.426. The van der Waals surface area contributed by atoms with E-state index in [1.54, 1.807) is 24.4 Å².